The maximum absolute atomic E-state index is 5.96. The van der Waals surface area contributed by atoms with E-state index in [1.807, 2.05) is 18.6 Å². The summed E-state index contributed by atoms with van der Waals surface area (Å²) in [4.78, 5) is 9.49. The van der Waals surface area contributed by atoms with Gasteiger partial charge in [-0.15, -0.1) is 11.3 Å². The second-order valence-electron chi connectivity index (χ2n) is 3.88. The molecule has 0 aliphatic heterocycles. The van der Waals surface area contributed by atoms with Gasteiger partial charge in [-0.3, -0.25) is 4.98 Å². The first-order valence-electron chi connectivity index (χ1n) is 5.56. The Morgan fingerprint density at radius 2 is 2.29 bits per heavy atom. The van der Waals surface area contributed by atoms with Gasteiger partial charge >= 0.3 is 0 Å². The van der Waals surface area contributed by atoms with Crippen molar-refractivity contribution >= 4 is 17.2 Å². The molecule has 0 amide bonds. The van der Waals surface area contributed by atoms with Gasteiger partial charge in [0.2, 0.25) is 0 Å². The molecule has 3 N–H and O–H groups in total. The summed E-state index contributed by atoms with van der Waals surface area (Å²) < 4.78 is 0. The Kier molecular flexibility index (Phi) is 3.71. The van der Waals surface area contributed by atoms with E-state index in [1.165, 1.54) is 0 Å². The Bertz CT molecular complexity index is 481. The zero-order valence-corrected chi connectivity index (χ0v) is 10.8. The van der Waals surface area contributed by atoms with Crippen LogP contribution < -0.4 is 11.1 Å². The molecule has 2 aromatic rings. The molecule has 0 spiro atoms. The van der Waals surface area contributed by atoms with Crippen LogP contribution in [0.4, 0.5) is 5.82 Å². The number of thiazole rings is 1. The molecule has 0 aliphatic carbocycles. The summed E-state index contributed by atoms with van der Waals surface area (Å²) in [6, 6.07) is 2.16. The molecular weight excluding hydrogens is 232 g/mol. The Balaban J connectivity index is 2.42. The number of hydrogen-bond acceptors (Lipinski definition) is 5. The lowest BCUT2D eigenvalue weighted by atomic mass is 10.1. The topological polar surface area (TPSA) is 63.8 Å². The van der Waals surface area contributed by atoms with Gasteiger partial charge < -0.3 is 11.1 Å². The van der Waals surface area contributed by atoms with Crippen LogP contribution in [-0.2, 0) is 0 Å². The summed E-state index contributed by atoms with van der Waals surface area (Å²) in [7, 11) is 0. The van der Waals surface area contributed by atoms with Crippen molar-refractivity contribution in [2.45, 2.75) is 19.9 Å². The number of aryl methyl sites for hydroxylation is 1. The minimum Gasteiger partial charge on any atom is -0.383 e. The number of hydrogen-bond donors (Lipinski definition) is 2. The summed E-state index contributed by atoms with van der Waals surface area (Å²) in [5, 5.41) is 3.42. The molecule has 4 nitrogen and oxygen atoms in total. The van der Waals surface area contributed by atoms with Crippen LogP contribution in [0.5, 0.6) is 0 Å². The van der Waals surface area contributed by atoms with E-state index < -0.39 is 0 Å². The second-order valence-corrected chi connectivity index (χ2v) is 4.80. The van der Waals surface area contributed by atoms with Crippen molar-refractivity contribution in [1.82, 2.24) is 15.3 Å². The number of nitrogens with zero attached hydrogens (tertiary/aromatic N) is 2. The van der Waals surface area contributed by atoms with Crippen molar-refractivity contribution in [2.75, 3.05) is 12.3 Å². The van der Waals surface area contributed by atoms with Crippen LogP contribution in [0.1, 0.15) is 29.0 Å². The fourth-order valence-corrected chi connectivity index (χ4v) is 2.48. The molecule has 5 heteroatoms. The van der Waals surface area contributed by atoms with Crippen molar-refractivity contribution < 1.29 is 0 Å². The summed E-state index contributed by atoms with van der Waals surface area (Å²) >= 11 is 1.62. The van der Waals surface area contributed by atoms with Gasteiger partial charge in [-0.25, -0.2) is 4.98 Å². The van der Waals surface area contributed by atoms with Gasteiger partial charge in [-0.2, -0.15) is 0 Å². The van der Waals surface area contributed by atoms with E-state index in [-0.39, 0.29) is 6.04 Å². The summed E-state index contributed by atoms with van der Waals surface area (Å²) in [6.45, 7) is 4.97. The Morgan fingerprint density at radius 1 is 1.47 bits per heavy atom. The van der Waals surface area contributed by atoms with E-state index in [2.05, 4.69) is 28.3 Å². The smallest absolute Gasteiger partial charge is 0.128 e. The molecule has 0 aromatic carbocycles. The maximum Gasteiger partial charge on any atom is 0.128 e. The largest absolute Gasteiger partial charge is 0.383 e. The number of aromatic nitrogens is 2. The molecule has 0 aliphatic rings. The molecule has 0 saturated heterocycles. The first-order valence-corrected chi connectivity index (χ1v) is 6.44. The van der Waals surface area contributed by atoms with E-state index in [1.54, 1.807) is 17.5 Å². The van der Waals surface area contributed by atoms with Crippen molar-refractivity contribution in [2.24, 2.45) is 0 Å². The Morgan fingerprint density at radius 3 is 2.94 bits per heavy atom. The summed E-state index contributed by atoms with van der Waals surface area (Å²) in [5.41, 5.74) is 9.93. The summed E-state index contributed by atoms with van der Waals surface area (Å²) in [6.07, 6.45) is 3.66. The van der Waals surface area contributed by atoms with E-state index >= 15 is 0 Å². The highest BCUT2D eigenvalue weighted by atomic mass is 32.1. The third-order valence-corrected chi connectivity index (χ3v) is 3.38. The van der Waals surface area contributed by atoms with E-state index in [4.69, 9.17) is 5.73 Å². The highest BCUT2D eigenvalue weighted by Crippen LogP contribution is 2.28. The van der Waals surface area contributed by atoms with E-state index in [9.17, 15) is 0 Å². The molecular formula is C12H16N4S. The number of nitrogens with one attached hydrogen (secondary N) is 1. The minimum absolute atomic E-state index is 0.0832. The molecule has 2 heterocycles. The lowest BCUT2D eigenvalue weighted by Gasteiger charge is -2.18. The molecule has 0 fully saturated rings. The average Bonchev–Trinajstić information content (AvgIpc) is 2.83. The van der Waals surface area contributed by atoms with Crippen LogP contribution in [0.25, 0.3) is 0 Å². The molecule has 2 rings (SSSR count). The fraction of sp³-hybridized carbons (Fsp3) is 0.333. The molecule has 1 atom stereocenters. The predicted octanol–water partition coefficient (Wildman–Crippen LogP) is 2.13. The molecule has 0 saturated carbocycles. The number of pyridine rings is 1. The first-order chi connectivity index (χ1) is 8.22. The maximum atomic E-state index is 5.96. The van der Waals surface area contributed by atoms with Gasteiger partial charge in [0.25, 0.3) is 0 Å². The van der Waals surface area contributed by atoms with Crippen LogP contribution in [0.2, 0.25) is 0 Å². The first kappa shape index (κ1) is 12.0. The van der Waals surface area contributed by atoms with Gasteiger partial charge in [0.1, 0.15) is 5.82 Å². The zero-order chi connectivity index (χ0) is 12.3. The van der Waals surface area contributed by atoms with E-state index in [0.717, 1.165) is 22.5 Å². The lowest BCUT2D eigenvalue weighted by molar-refractivity contribution is 0.638. The molecule has 1 unspecified atom stereocenters. The number of anilines is 1. The normalized spacial score (nSPS) is 12.6. The van der Waals surface area contributed by atoms with Gasteiger partial charge in [0, 0.05) is 22.8 Å². The van der Waals surface area contributed by atoms with Crippen LogP contribution in [0.15, 0.2) is 24.0 Å². The van der Waals surface area contributed by atoms with Crippen LogP contribution in [-0.4, -0.2) is 16.5 Å². The second kappa shape index (κ2) is 5.25. The van der Waals surface area contributed by atoms with Crippen LogP contribution >= 0.6 is 11.3 Å². The number of nitrogen functional groups attached to an aromatic ring is 1. The molecule has 0 bridgehead atoms. The number of nitrogens with two attached hydrogens (primary N) is 1. The Hall–Kier alpha value is -1.46. The molecule has 0 radical (unpaired) electrons. The molecule has 2 aromatic heterocycles. The highest BCUT2D eigenvalue weighted by Gasteiger charge is 2.17. The predicted molar refractivity (Wildman–Crippen MR) is 71.0 cm³/mol. The van der Waals surface area contributed by atoms with Crippen molar-refractivity contribution in [3.8, 4) is 0 Å². The van der Waals surface area contributed by atoms with Crippen LogP contribution in [0.3, 0.4) is 0 Å². The van der Waals surface area contributed by atoms with Gasteiger partial charge in [-0.1, -0.05) is 6.92 Å². The fourth-order valence-electron chi connectivity index (χ4n) is 1.77. The van der Waals surface area contributed by atoms with E-state index in [0.29, 0.717) is 5.82 Å². The molecule has 90 valence electrons. The van der Waals surface area contributed by atoms with Gasteiger partial charge in [0.05, 0.1) is 11.6 Å². The quantitative estimate of drug-likeness (QED) is 0.870. The van der Waals surface area contributed by atoms with Gasteiger partial charge in [0.15, 0.2) is 0 Å². The number of rotatable bonds is 4. The summed E-state index contributed by atoms with van der Waals surface area (Å²) in [5.74, 6) is 0.579. The standard InChI is InChI=1S/C12H16N4S/c1-3-15-11(10-6-14-7-17-10)9-4-8(2)5-16-12(9)13/h4-7,11,15H,3H2,1-2H3,(H2,13,16). The third-order valence-electron chi connectivity index (χ3n) is 2.54. The van der Waals surface area contributed by atoms with Crippen molar-refractivity contribution in [3.05, 3.63) is 40.0 Å². The van der Waals surface area contributed by atoms with Gasteiger partial charge in [-0.05, 0) is 25.1 Å². The molecule has 17 heavy (non-hydrogen) atoms. The zero-order valence-electron chi connectivity index (χ0n) is 9.97. The SMILES string of the molecule is CCNC(c1cncs1)c1cc(C)cnc1N. The lowest BCUT2D eigenvalue weighted by Crippen LogP contribution is -2.22. The van der Waals surface area contributed by atoms with Crippen LogP contribution in [0, 0.1) is 6.92 Å². The monoisotopic (exact) mass is 248 g/mol. The van der Waals surface area contributed by atoms with Crippen molar-refractivity contribution in [1.29, 1.82) is 0 Å². The minimum atomic E-state index is 0.0832. The highest BCUT2D eigenvalue weighted by molar-refractivity contribution is 7.09. The Labute approximate surface area is 105 Å². The third kappa shape index (κ3) is 2.62. The average molecular weight is 248 g/mol. The van der Waals surface area contributed by atoms with Crippen molar-refractivity contribution in [3.63, 3.8) is 0 Å².